The van der Waals surface area contributed by atoms with Crippen molar-refractivity contribution in [2.45, 2.75) is 52.0 Å². The first-order valence-corrected chi connectivity index (χ1v) is 5.36. The molecule has 1 fully saturated rings. The minimum absolute atomic E-state index is 0.237. The number of halogens is 1. The summed E-state index contributed by atoms with van der Waals surface area (Å²) in [5, 5.41) is 3.83. The maximum atomic E-state index is 13.3. The van der Waals surface area contributed by atoms with Gasteiger partial charge in [0.25, 0.3) is 0 Å². The van der Waals surface area contributed by atoms with E-state index in [4.69, 9.17) is 9.26 Å². The molecule has 0 N–H and O–H groups in total. The minimum atomic E-state index is -0.800. The lowest BCUT2D eigenvalue weighted by Crippen LogP contribution is -2.19. The Morgan fingerprint density at radius 3 is 2.80 bits per heavy atom. The van der Waals surface area contributed by atoms with Crippen molar-refractivity contribution >= 4 is 0 Å². The average molecular weight is 213 g/mol. The van der Waals surface area contributed by atoms with Crippen molar-refractivity contribution in [2.24, 2.45) is 0 Å². The molecule has 0 bridgehead atoms. The molecule has 0 aromatic carbocycles. The maximum Gasteiger partial charge on any atom is 0.139 e. The molecule has 15 heavy (non-hydrogen) atoms. The molecule has 4 heteroatoms. The Bertz CT molecular complexity index is 318. The van der Waals surface area contributed by atoms with Crippen LogP contribution in [0.25, 0.3) is 0 Å². The van der Waals surface area contributed by atoms with Crippen molar-refractivity contribution in [1.82, 2.24) is 5.16 Å². The first-order valence-electron chi connectivity index (χ1n) is 5.36. The van der Waals surface area contributed by atoms with Crippen LogP contribution in [0.4, 0.5) is 4.39 Å². The fourth-order valence-electron chi connectivity index (χ4n) is 1.97. The summed E-state index contributed by atoms with van der Waals surface area (Å²) >= 11 is 0. The van der Waals surface area contributed by atoms with E-state index in [1.165, 1.54) is 0 Å². The molecule has 3 nitrogen and oxygen atoms in total. The summed E-state index contributed by atoms with van der Waals surface area (Å²) in [6.45, 7) is 4.13. The van der Waals surface area contributed by atoms with Crippen LogP contribution in [0, 0.1) is 13.8 Å². The van der Waals surface area contributed by atoms with E-state index in [2.05, 4.69) is 5.16 Å². The van der Waals surface area contributed by atoms with Gasteiger partial charge in [-0.1, -0.05) is 5.16 Å². The minimum Gasteiger partial charge on any atom is -0.370 e. The second-order valence-electron chi connectivity index (χ2n) is 4.10. The van der Waals surface area contributed by atoms with Gasteiger partial charge in [0, 0.05) is 5.56 Å². The zero-order chi connectivity index (χ0) is 10.8. The molecule has 0 spiro atoms. The summed E-state index contributed by atoms with van der Waals surface area (Å²) in [6.07, 6.45) is 1.34. The molecule has 84 valence electrons. The molecule has 0 radical (unpaired) electrons. The average Bonchev–Trinajstić information content (AvgIpc) is 2.73. The first-order chi connectivity index (χ1) is 7.18. The predicted molar refractivity (Wildman–Crippen MR) is 53.3 cm³/mol. The number of hydrogen-bond donors (Lipinski definition) is 0. The molecule has 2 atom stereocenters. The van der Waals surface area contributed by atoms with Crippen LogP contribution in [0.3, 0.4) is 0 Å². The van der Waals surface area contributed by atoms with Crippen molar-refractivity contribution < 1.29 is 13.7 Å². The zero-order valence-electron chi connectivity index (χ0n) is 9.12. The molecule has 0 aliphatic heterocycles. The fraction of sp³-hybridized carbons (Fsp3) is 0.727. The molecule has 1 aliphatic rings. The van der Waals surface area contributed by atoms with Gasteiger partial charge in [0.2, 0.25) is 0 Å². The second kappa shape index (κ2) is 4.31. The smallest absolute Gasteiger partial charge is 0.139 e. The van der Waals surface area contributed by atoms with Gasteiger partial charge in [-0.25, -0.2) is 4.39 Å². The lowest BCUT2D eigenvalue weighted by molar-refractivity contribution is 0.00336. The Hall–Kier alpha value is -0.900. The van der Waals surface area contributed by atoms with E-state index >= 15 is 0 Å². The van der Waals surface area contributed by atoms with Crippen LogP contribution >= 0.6 is 0 Å². The molecule has 1 heterocycles. The summed E-state index contributed by atoms with van der Waals surface area (Å²) in [5.74, 6) is 0.765. The second-order valence-corrected chi connectivity index (χ2v) is 4.10. The van der Waals surface area contributed by atoms with Gasteiger partial charge in [0.15, 0.2) is 0 Å². The quantitative estimate of drug-likeness (QED) is 0.774. The van der Waals surface area contributed by atoms with Gasteiger partial charge in [0.1, 0.15) is 11.9 Å². The van der Waals surface area contributed by atoms with Crippen molar-refractivity contribution in [3.05, 3.63) is 17.0 Å². The fourth-order valence-corrected chi connectivity index (χ4v) is 1.97. The first kappa shape index (κ1) is 10.6. The molecule has 2 rings (SSSR count). The number of hydrogen-bond acceptors (Lipinski definition) is 3. The van der Waals surface area contributed by atoms with Gasteiger partial charge >= 0.3 is 0 Å². The topological polar surface area (TPSA) is 35.3 Å². The Morgan fingerprint density at radius 2 is 2.27 bits per heavy atom. The summed E-state index contributed by atoms with van der Waals surface area (Å²) in [6, 6.07) is 0. The Balaban J connectivity index is 1.93. The summed E-state index contributed by atoms with van der Waals surface area (Å²) < 4.78 is 23.8. The van der Waals surface area contributed by atoms with Crippen LogP contribution in [-0.4, -0.2) is 17.4 Å². The summed E-state index contributed by atoms with van der Waals surface area (Å²) in [5.41, 5.74) is 1.79. The largest absolute Gasteiger partial charge is 0.370 e. The number of ether oxygens (including phenoxy) is 1. The highest BCUT2D eigenvalue weighted by atomic mass is 19.1. The predicted octanol–water partition coefficient (Wildman–Crippen LogP) is 2.70. The molecule has 0 saturated heterocycles. The molecule has 0 unspecified atom stereocenters. The van der Waals surface area contributed by atoms with E-state index in [-0.39, 0.29) is 6.10 Å². The highest BCUT2D eigenvalue weighted by Crippen LogP contribution is 2.26. The SMILES string of the molecule is Cc1noc(C)c1CO[C@@H]1CCC[C@H]1F. The highest BCUT2D eigenvalue weighted by molar-refractivity contribution is 5.19. The molecule has 0 amide bonds. The van der Waals surface area contributed by atoms with Crippen molar-refractivity contribution in [3.63, 3.8) is 0 Å². The number of nitrogens with zero attached hydrogens (tertiary/aromatic N) is 1. The van der Waals surface area contributed by atoms with E-state index in [1.807, 2.05) is 13.8 Å². The van der Waals surface area contributed by atoms with Gasteiger partial charge in [-0.2, -0.15) is 0 Å². The Morgan fingerprint density at radius 1 is 1.47 bits per heavy atom. The molecule has 1 aliphatic carbocycles. The number of rotatable bonds is 3. The molecule has 1 saturated carbocycles. The van der Waals surface area contributed by atoms with Crippen LogP contribution in [0.1, 0.15) is 36.3 Å². The third-order valence-electron chi connectivity index (χ3n) is 2.99. The van der Waals surface area contributed by atoms with Crippen molar-refractivity contribution in [1.29, 1.82) is 0 Å². The third-order valence-corrected chi connectivity index (χ3v) is 2.99. The zero-order valence-corrected chi connectivity index (χ0v) is 9.12. The molecular weight excluding hydrogens is 197 g/mol. The number of aryl methyl sites for hydroxylation is 2. The van der Waals surface area contributed by atoms with E-state index in [0.717, 1.165) is 29.9 Å². The van der Waals surface area contributed by atoms with Crippen LogP contribution in [0.2, 0.25) is 0 Å². The van der Waals surface area contributed by atoms with E-state index in [0.29, 0.717) is 13.0 Å². The van der Waals surface area contributed by atoms with Gasteiger partial charge in [-0.15, -0.1) is 0 Å². The standard InChI is InChI=1S/C11H16FNO2/c1-7-9(8(2)15-13-7)6-14-11-5-3-4-10(11)12/h10-11H,3-6H2,1-2H3/t10-,11-/m1/s1. The normalized spacial score (nSPS) is 26.1. The lowest BCUT2D eigenvalue weighted by Gasteiger charge is -2.13. The number of alkyl halides is 1. The summed E-state index contributed by atoms with van der Waals surface area (Å²) in [7, 11) is 0. The lowest BCUT2D eigenvalue weighted by atomic mass is 10.2. The highest BCUT2D eigenvalue weighted by Gasteiger charge is 2.28. The van der Waals surface area contributed by atoms with Crippen molar-refractivity contribution in [2.75, 3.05) is 0 Å². The summed E-state index contributed by atoms with van der Waals surface area (Å²) in [4.78, 5) is 0. The van der Waals surface area contributed by atoms with Gasteiger partial charge in [0.05, 0.1) is 18.4 Å². The third kappa shape index (κ3) is 2.20. The number of aromatic nitrogens is 1. The van der Waals surface area contributed by atoms with Gasteiger partial charge < -0.3 is 9.26 Å². The van der Waals surface area contributed by atoms with Gasteiger partial charge in [-0.3, -0.25) is 0 Å². The maximum absolute atomic E-state index is 13.3. The van der Waals surface area contributed by atoms with Crippen LogP contribution in [-0.2, 0) is 11.3 Å². The Kier molecular flexibility index (Phi) is 3.05. The van der Waals surface area contributed by atoms with Crippen LogP contribution in [0.15, 0.2) is 4.52 Å². The van der Waals surface area contributed by atoms with Crippen LogP contribution < -0.4 is 0 Å². The van der Waals surface area contributed by atoms with E-state index in [1.54, 1.807) is 0 Å². The van der Waals surface area contributed by atoms with Crippen LogP contribution in [0.5, 0.6) is 0 Å². The molecule has 1 aromatic heterocycles. The van der Waals surface area contributed by atoms with E-state index < -0.39 is 6.17 Å². The molecular formula is C11H16FNO2. The molecule has 1 aromatic rings. The monoisotopic (exact) mass is 213 g/mol. The van der Waals surface area contributed by atoms with E-state index in [9.17, 15) is 4.39 Å². The van der Waals surface area contributed by atoms with Gasteiger partial charge in [-0.05, 0) is 33.1 Å². The Labute approximate surface area is 88.6 Å². The van der Waals surface area contributed by atoms with Crippen molar-refractivity contribution in [3.8, 4) is 0 Å².